The van der Waals surface area contributed by atoms with Crippen molar-refractivity contribution in [1.29, 1.82) is 0 Å². The highest BCUT2D eigenvalue weighted by atomic mass is 35.5. The third-order valence-corrected chi connectivity index (χ3v) is 4.81. The van der Waals surface area contributed by atoms with Gasteiger partial charge in [-0.05, 0) is 69.2 Å². The van der Waals surface area contributed by atoms with Gasteiger partial charge in [0.25, 0.3) is 0 Å². The van der Waals surface area contributed by atoms with Crippen molar-refractivity contribution in [2.24, 2.45) is 5.11 Å². The zero-order valence-electron chi connectivity index (χ0n) is 13.8. The van der Waals surface area contributed by atoms with Crippen molar-refractivity contribution < 1.29 is 14.4 Å². The molecule has 0 radical (unpaired) electrons. The number of halogens is 1. The first-order chi connectivity index (χ1) is 10.7. The van der Waals surface area contributed by atoms with Gasteiger partial charge in [0, 0.05) is 16.5 Å². The predicted octanol–water partition coefficient (Wildman–Crippen LogP) is 3.59. The lowest BCUT2D eigenvalue weighted by molar-refractivity contribution is 0.00578. The van der Waals surface area contributed by atoms with Gasteiger partial charge in [-0.2, -0.15) is 0 Å². The van der Waals surface area contributed by atoms with Crippen LogP contribution in [0, 0.1) is 0 Å². The SMILES string of the molecule is CC1(C)OB(c2cc(O)cc(Cl)c2CCCN=[N+]=[N-])OC1(C)C. The number of benzene rings is 1. The molecular weight excluding hydrogens is 316 g/mol. The van der Waals surface area contributed by atoms with Gasteiger partial charge in [0.2, 0.25) is 0 Å². The Hall–Kier alpha value is -1.40. The van der Waals surface area contributed by atoms with E-state index in [2.05, 4.69) is 10.0 Å². The number of nitrogens with zero attached hydrogens (tertiary/aromatic N) is 3. The Kier molecular flexibility index (Phi) is 5.16. The van der Waals surface area contributed by atoms with E-state index in [9.17, 15) is 5.11 Å². The van der Waals surface area contributed by atoms with Gasteiger partial charge in [0.1, 0.15) is 5.75 Å². The molecule has 1 N–H and O–H groups in total. The van der Waals surface area contributed by atoms with Crippen LogP contribution in [-0.2, 0) is 15.7 Å². The molecule has 0 amide bonds. The minimum atomic E-state index is -0.598. The lowest BCUT2D eigenvalue weighted by Gasteiger charge is -2.32. The Morgan fingerprint density at radius 2 is 1.87 bits per heavy atom. The van der Waals surface area contributed by atoms with E-state index < -0.39 is 18.3 Å². The molecule has 1 aliphatic heterocycles. The molecule has 0 aromatic heterocycles. The molecule has 1 fully saturated rings. The Labute approximate surface area is 141 Å². The number of azide groups is 1. The predicted molar refractivity (Wildman–Crippen MR) is 91.2 cm³/mol. The van der Waals surface area contributed by atoms with Crippen molar-refractivity contribution in [1.82, 2.24) is 0 Å². The average Bonchev–Trinajstić information content (AvgIpc) is 2.65. The van der Waals surface area contributed by atoms with E-state index in [1.54, 1.807) is 6.07 Å². The summed E-state index contributed by atoms with van der Waals surface area (Å²) in [7, 11) is -0.598. The molecule has 1 heterocycles. The highest BCUT2D eigenvalue weighted by Crippen LogP contribution is 2.37. The molecule has 2 rings (SSSR count). The second kappa shape index (κ2) is 6.61. The number of rotatable bonds is 5. The molecule has 0 unspecified atom stereocenters. The molecule has 1 aromatic rings. The van der Waals surface area contributed by atoms with Crippen molar-refractivity contribution in [2.75, 3.05) is 6.54 Å². The van der Waals surface area contributed by atoms with Crippen LogP contribution in [0.1, 0.15) is 39.7 Å². The molecule has 1 saturated heterocycles. The Balaban J connectivity index is 2.32. The quantitative estimate of drug-likeness (QED) is 0.293. The second-order valence-corrected chi connectivity index (χ2v) is 7.05. The first-order valence-electron chi connectivity index (χ1n) is 7.56. The van der Waals surface area contributed by atoms with Crippen molar-refractivity contribution in [3.8, 4) is 5.75 Å². The molecule has 0 spiro atoms. The fourth-order valence-electron chi connectivity index (χ4n) is 2.46. The van der Waals surface area contributed by atoms with E-state index >= 15 is 0 Å². The maximum absolute atomic E-state index is 9.89. The minimum absolute atomic E-state index is 0.0681. The summed E-state index contributed by atoms with van der Waals surface area (Å²) in [6.45, 7) is 8.27. The van der Waals surface area contributed by atoms with Crippen molar-refractivity contribution >= 4 is 24.2 Å². The number of phenols is 1. The summed E-state index contributed by atoms with van der Waals surface area (Å²) in [5.74, 6) is 0.0681. The van der Waals surface area contributed by atoms with Gasteiger partial charge in [-0.25, -0.2) is 0 Å². The number of aromatic hydroxyl groups is 1. The van der Waals surface area contributed by atoms with Crippen LogP contribution in [0.4, 0.5) is 0 Å². The van der Waals surface area contributed by atoms with Crippen molar-refractivity contribution in [2.45, 2.75) is 51.7 Å². The van der Waals surface area contributed by atoms with Crippen LogP contribution in [0.15, 0.2) is 17.2 Å². The van der Waals surface area contributed by atoms with E-state index in [0.29, 0.717) is 24.4 Å². The smallest absolute Gasteiger partial charge is 0.495 e. The fourth-order valence-corrected chi connectivity index (χ4v) is 2.77. The van der Waals surface area contributed by atoms with E-state index in [1.165, 1.54) is 6.07 Å². The topological polar surface area (TPSA) is 87.5 Å². The van der Waals surface area contributed by atoms with E-state index in [4.69, 9.17) is 26.4 Å². The van der Waals surface area contributed by atoms with Crippen LogP contribution in [0.2, 0.25) is 5.02 Å². The summed E-state index contributed by atoms with van der Waals surface area (Å²) in [5.41, 5.74) is 8.97. The summed E-state index contributed by atoms with van der Waals surface area (Å²) >= 11 is 6.29. The summed E-state index contributed by atoms with van der Waals surface area (Å²) in [6, 6.07) is 3.12. The minimum Gasteiger partial charge on any atom is -0.508 e. The van der Waals surface area contributed by atoms with Gasteiger partial charge >= 0.3 is 7.12 Å². The Bertz CT molecular complexity index is 629. The average molecular weight is 338 g/mol. The summed E-state index contributed by atoms with van der Waals surface area (Å²) in [4.78, 5) is 2.74. The molecular formula is C15H21BClN3O3. The monoisotopic (exact) mass is 337 g/mol. The molecule has 8 heteroatoms. The lowest BCUT2D eigenvalue weighted by Crippen LogP contribution is -2.41. The fraction of sp³-hybridized carbons (Fsp3) is 0.600. The van der Waals surface area contributed by atoms with Crippen LogP contribution in [-0.4, -0.2) is 30.0 Å². The number of hydrogen-bond acceptors (Lipinski definition) is 4. The zero-order chi connectivity index (χ0) is 17.3. The summed E-state index contributed by atoms with van der Waals surface area (Å²) < 4.78 is 12.1. The Morgan fingerprint density at radius 3 is 2.43 bits per heavy atom. The normalized spacial score (nSPS) is 18.7. The highest BCUT2D eigenvalue weighted by Gasteiger charge is 2.52. The van der Waals surface area contributed by atoms with Gasteiger partial charge in [-0.1, -0.05) is 16.7 Å². The van der Waals surface area contributed by atoms with Crippen LogP contribution in [0.25, 0.3) is 10.4 Å². The van der Waals surface area contributed by atoms with Crippen LogP contribution in [0.5, 0.6) is 5.75 Å². The zero-order valence-corrected chi connectivity index (χ0v) is 14.6. The lowest BCUT2D eigenvalue weighted by atomic mass is 9.75. The molecule has 1 aliphatic rings. The highest BCUT2D eigenvalue weighted by molar-refractivity contribution is 6.63. The van der Waals surface area contributed by atoms with Crippen molar-refractivity contribution in [3.63, 3.8) is 0 Å². The largest absolute Gasteiger partial charge is 0.508 e. The van der Waals surface area contributed by atoms with Gasteiger partial charge in [0.15, 0.2) is 0 Å². The van der Waals surface area contributed by atoms with Crippen LogP contribution < -0.4 is 5.46 Å². The number of phenolic OH excluding ortho intramolecular Hbond substituents is 1. The second-order valence-electron chi connectivity index (χ2n) is 6.64. The van der Waals surface area contributed by atoms with Crippen LogP contribution >= 0.6 is 11.6 Å². The molecule has 1 aromatic carbocycles. The van der Waals surface area contributed by atoms with Gasteiger partial charge in [-0.15, -0.1) is 0 Å². The van der Waals surface area contributed by atoms with E-state index in [1.807, 2.05) is 27.7 Å². The first-order valence-corrected chi connectivity index (χ1v) is 7.93. The standard InChI is InChI=1S/C15H21BClN3O3/c1-14(2)15(3,4)23-16(22-14)12-8-10(21)9-13(17)11(12)6-5-7-19-20-18/h8-9,21H,5-7H2,1-4H3. The Morgan fingerprint density at radius 1 is 1.26 bits per heavy atom. The van der Waals surface area contributed by atoms with E-state index in [-0.39, 0.29) is 5.75 Å². The molecule has 124 valence electrons. The molecule has 0 saturated carbocycles. The molecule has 23 heavy (non-hydrogen) atoms. The first kappa shape index (κ1) is 18.0. The van der Waals surface area contributed by atoms with Crippen molar-refractivity contribution in [3.05, 3.63) is 33.2 Å². The maximum atomic E-state index is 9.89. The van der Waals surface area contributed by atoms with Gasteiger partial charge < -0.3 is 14.4 Å². The van der Waals surface area contributed by atoms with E-state index in [0.717, 1.165) is 11.0 Å². The molecule has 0 aliphatic carbocycles. The number of hydrogen-bond donors (Lipinski definition) is 1. The molecule has 0 atom stereocenters. The third-order valence-electron chi connectivity index (χ3n) is 4.47. The van der Waals surface area contributed by atoms with Gasteiger partial charge in [-0.3, -0.25) is 0 Å². The maximum Gasteiger partial charge on any atom is 0.495 e. The van der Waals surface area contributed by atoms with Gasteiger partial charge in [0.05, 0.1) is 11.2 Å². The molecule has 6 nitrogen and oxygen atoms in total. The third kappa shape index (κ3) is 3.75. The van der Waals surface area contributed by atoms with Crippen LogP contribution in [0.3, 0.4) is 0 Å². The molecule has 0 bridgehead atoms. The summed E-state index contributed by atoms with van der Waals surface area (Å²) in [5, 5.41) is 13.9. The summed E-state index contributed by atoms with van der Waals surface area (Å²) in [6.07, 6.45) is 1.26.